The SMILES string of the molecule is C=C1CC(=O)OC1=O.C=CCOCC1CO1. The largest absolute Gasteiger partial charge is 0.389 e. The molecule has 0 aromatic heterocycles. The van der Waals surface area contributed by atoms with Gasteiger partial charge in [-0.2, -0.15) is 0 Å². The summed E-state index contributed by atoms with van der Waals surface area (Å²) in [4.78, 5) is 20.4. The van der Waals surface area contributed by atoms with Crippen molar-refractivity contribution in [1.82, 2.24) is 0 Å². The van der Waals surface area contributed by atoms with E-state index in [1.807, 2.05) is 0 Å². The Morgan fingerprint density at radius 1 is 1.50 bits per heavy atom. The average molecular weight is 226 g/mol. The molecule has 0 radical (unpaired) electrons. The third-order valence-electron chi connectivity index (χ3n) is 1.79. The van der Waals surface area contributed by atoms with E-state index in [0.29, 0.717) is 12.7 Å². The Morgan fingerprint density at radius 3 is 2.50 bits per heavy atom. The minimum atomic E-state index is -0.588. The molecule has 5 heteroatoms. The molecule has 2 saturated heterocycles. The number of cyclic esters (lactones) is 2. The van der Waals surface area contributed by atoms with E-state index < -0.39 is 11.9 Å². The van der Waals surface area contributed by atoms with Crippen LogP contribution in [0.3, 0.4) is 0 Å². The fourth-order valence-electron chi connectivity index (χ4n) is 0.905. The van der Waals surface area contributed by atoms with Gasteiger partial charge >= 0.3 is 11.9 Å². The van der Waals surface area contributed by atoms with Gasteiger partial charge in [-0.1, -0.05) is 12.7 Å². The molecule has 0 bridgehead atoms. The molecule has 0 aromatic carbocycles. The Balaban J connectivity index is 0.000000160. The van der Waals surface area contributed by atoms with Crippen LogP contribution >= 0.6 is 0 Å². The van der Waals surface area contributed by atoms with Crippen molar-refractivity contribution in [3.05, 3.63) is 24.8 Å². The second-order valence-electron chi connectivity index (χ2n) is 3.32. The zero-order valence-corrected chi connectivity index (χ0v) is 8.94. The molecule has 5 nitrogen and oxygen atoms in total. The summed E-state index contributed by atoms with van der Waals surface area (Å²) >= 11 is 0. The van der Waals surface area contributed by atoms with Crippen LogP contribution in [0.15, 0.2) is 24.8 Å². The van der Waals surface area contributed by atoms with E-state index in [2.05, 4.69) is 17.9 Å². The molecule has 2 rings (SSSR count). The van der Waals surface area contributed by atoms with Crippen molar-refractivity contribution in [2.24, 2.45) is 0 Å². The number of esters is 2. The molecule has 0 aromatic rings. The highest BCUT2D eigenvalue weighted by Gasteiger charge is 2.24. The highest BCUT2D eigenvalue weighted by Crippen LogP contribution is 2.10. The van der Waals surface area contributed by atoms with Gasteiger partial charge in [-0.3, -0.25) is 4.79 Å². The first-order valence-corrected chi connectivity index (χ1v) is 4.86. The monoisotopic (exact) mass is 226 g/mol. The standard InChI is InChI=1S/C6H10O2.C5H4O3/c1-2-3-7-4-6-5-8-6;1-3-2-4(6)8-5(3)7/h2,6H,1,3-5H2;1-2H2. The van der Waals surface area contributed by atoms with Crippen LogP contribution in [0.5, 0.6) is 0 Å². The minimum Gasteiger partial charge on any atom is -0.389 e. The van der Waals surface area contributed by atoms with Crippen LogP contribution in [-0.4, -0.2) is 37.9 Å². The van der Waals surface area contributed by atoms with Gasteiger partial charge in [0.05, 0.1) is 26.2 Å². The van der Waals surface area contributed by atoms with Gasteiger partial charge in [0.1, 0.15) is 6.10 Å². The zero-order chi connectivity index (χ0) is 12.0. The maximum atomic E-state index is 10.2. The molecule has 0 amide bonds. The summed E-state index contributed by atoms with van der Waals surface area (Å²) < 4.78 is 14.1. The van der Waals surface area contributed by atoms with Crippen molar-refractivity contribution in [2.45, 2.75) is 12.5 Å². The van der Waals surface area contributed by atoms with Gasteiger partial charge in [0.2, 0.25) is 0 Å². The van der Waals surface area contributed by atoms with E-state index in [0.717, 1.165) is 13.2 Å². The second-order valence-corrected chi connectivity index (χ2v) is 3.32. The van der Waals surface area contributed by atoms with Crippen molar-refractivity contribution in [3.63, 3.8) is 0 Å². The van der Waals surface area contributed by atoms with Crippen molar-refractivity contribution in [3.8, 4) is 0 Å². The minimum absolute atomic E-state index is 0.0544. The Morgan fingerprint density at radius 2 is 2.19 bits per heavy atom. The van der Waals surface area contributed by atoms with Crippen molar-refractivity contribution in [2.75, 3.05) is 19.8 Å². The summed E-state index contributed by atoms with van der Waals surface area (Å²) in [5, 5.41) is 0. The van der Waals surface area contributed by atoms with Crippen LogP contribution < -0.4 is 0 Å². The summed E-state index contributed by atoms with van der Waals surface area (Å²) in [5.74, 6) is -1.09. The number of ether oxygens (including phenoxy) is 3. The highest BCUT2D eigenvalue weighted by atomic mass is 16.6. The number of carbonyl (C=O) groups excluding carboxylic acids is 2. The van der Waals surface area contributed by atoms with E-state index in [1.54, 1.807) is 6.08 Å². The van der Waals surface area contributed by atoms with Crippen LogP contribution in [0.25, 0.3) is 0 Å². The third-order valence-corrected chi connectivity index (χ3v) is 1.79. The van der Waals surface area contributed by atoms with Gasteiger partial charge in [0.25, 0.3) is 0 Å². The molecule has 1 atom stereocenters. The topological polar surface area (TPSA) is 65.1 Å². The van der Waals surface area contributed by atoms with Gasteiger partial charge in [0, 0.05) is 5.57 Å². The lowest BCUT2D eigenvalue weighted by atomic mass is 10.3. The van der Waals surface area contributed by atoms with Gasteiger partial charge in [-0.15, -0.1) is 6.58 Å². The van der Waals surface area contributed by atoms with Crippen LogP contribution in [-0.2, 0) is 23.8 Å². The summed E-state index contributed by atoms with van der Waals surface area (Å²) in [6.07, 6.45) is 2.18. The number of epoxide rings is 1. The van der Waals surface area contributed by atoms with E-state index in [1.165, 1.54) is 0 Å². The van der Waals surface area contributed by atoms with Crippen molar-refractivity contribution >= 4 is 11.9 Å². The van der Waals surface area contributed by atoms with Crippen LogP contribution in [0, 0.1) is 0 Å². The number of hydrogen-bond donors (Lipinski definition) is 0. The molecule has 2 aliphatic heterocycles. The summed E-state index contributed by atoms with van der Waals surface area (Å²) in [7, 11) is 0. The number of rotatable bonds is 4. The zero-order valence-electron chi connectivity index (χ0n) is 8.94. The fourth-order valence-corrected chi connectivity index (χ4v) is 0.905. The van der Waals surface area contributed by atoms with Crippen LogP contribution in [0.2, 0.25) is 0 Å². The maximum Gasteiger partial charge on any atom is 0.341 e. The Bertz CT molecular complexity index is 285. The lowest BCUT2D eigenvalue weighted by molar-refractivity contribution is -0.151. The third kappa shape index (κ3) is 4.86. The highest BCUT2D eigenvalue weighted by molar-refractivity contribution is 6.05. The fraction of sp³-hybridized carbons (Fsp3) is 0.455. The molecule has 2 heterocycles. The molecule has 88 valence electrons. The Hall–Kier alpha value is -1.46. The lowest BCUT2D eigenvalue weighted by Gasteiger charge is -1.92. The molecule has 0 aliphatic carbocycles. The molecule has 2 fully saturated rings. The van der Waals surface area contributed by atoms with Gasteiger partial charge in [-0.25, -0.2) is 4.79 Å². The van der Waals surface area contributed by atoms with E-state index in [4.69, 9.17) is 9.47 Å². The molecule has 2 aliphatic rings. The molecule has 1 unspecified atom stereocenters. The van der Waals surface area contributed by atoms with Crippen LogP contribution in [0.4, 0.5) is 0 Å². The normalized spacial score (nSPS) is 22.2. The Kier molecular flexibility index (Phi) is 4.88. The first kappa shape index (κ1) is 12.6. The first-order chi connectivity index (χ1) is 7.63. The second kappa shape index (κ2) is 6.19. The molecular formula is C11H14O5. The average Bonchev–Trinajstić information content (AvgIpc) is 2.98. The number of hydrogen-bond acceptors (Lipinski definition) is 5. The van der Waals surface area contributed by atoms with E-state index >= 15 is 0 Å². The quantitative estimate of drug-likeness (QED) is 0.175. The van der Waals surface area contributed by atoms with Gasteiger partial charge < -0.3 is 14.2 Å². The molecule has 0 spiro atoms. The molecule has 0 N–H and O–H groups in total. The summed E-state index contributed by atoms with van der Waals surface area (Å²) in [6.45, 7) is 9.04. The predicted molar refractivity (Wildman–Crippen MR) is 55.6 cm³/mol. The predicted octanol–water partition coefficient (Wildman–Crippen LogP) is 0.604. The van der Waals surface area contributed by atoms with Crippen molar-refractivity contribution in [1.29, 1.82) is 0 Å². The Labute approximate surface area is 93.7 Å². The lowest BCUT2D eigenvalue weighted by Crippen LogP contribution is -2.00. The molecular weight excluding hydrogens is 212 g/mol. The summed E-state index contributed by atoms with van der Waals surface area (Å²) in [6, 6.07) is 0. The van der Waals surface area contributed by atoms with E-state index in [-0.39, 0.29) is 12.0 Å². The number of carbonyl (C=O) groups is 2. The van der Waals surface area contributed by atoms with Crippen LogP contribution in [0.1, 0.15) is 6.42 Å². The first-order valence-electron chi connectivity index (χ1n) is 4.86. The summed E-state index contributed by atoms with van der Waals surface area (Å²) in [5.41, 5.74) is 0.245. The molecule has 0 saturated carbocycles. The van der Waals surface area contributed by atoms with Gasteiger partial charge in [-0.05, 0) is 0 Å². The maximum absolute atomic E-state index is 10.2. The van der Waals surface area contributed by atoms with Gasteiger partial charge in [0.15, 0.2) is 0 Å². The smallest absolute Gasteiger partial charge is 0.341 e. The molecule has 16 heavy (non-hydrogen) atoms. The van der Waals surface area contributed by atoms with E-state index in [9.17, 15) is 9.59 Å². The van der Waals surface area contributed by atoms with Crippen molar-refractivity contribution < 1.29 is 23.8 Å².